The number of hydrogen-bond donors (Lipinski definition) is 1. The van der Waals surface area contributed by atoms with E-state index in [-0.39, 0.29) is 11.8 Å². The molecule has 8 heteroatoms. The molecular formula is C20H27F3N4O. The highest BCUT2D eigenvalue weighted by Crippen LogP contribution is 2.31. The number of aromatic nitrogens is 1. The number of likely N-dealkylation sites (tertiary alicyclic amines) is 1. The Morgan fingerprint density at radius 2 is 1.82 bits per heavy atom. The number of rotatable bonds is 4. The largest absolute Gasteiger partial charge is 0.417 e. The van der Waals surface area contributed by atoms with E-state index in [1.54, 1.807) is 0 Å². The summed E-state index contributed by atoms with van der Waals surface area (Å²) >= 11 is 0. The molecule has 1 unspecified atom stereocenters. The van der Waals surface area contributed by atoms with Crippen molar-refractivity contribution in [3.05, 3.63) is 23.9 Å². The number of nitrogens with one attached hydrogen (secondary N) is 1. The van der Waals surface area contributed by atoms with Crippen molar-refractivity contribution in [1.29, 1.82) is 0 Å². The number of halogens is 3. The highest BCUT2D eigenvalue weighted by Gasteiger charge is 2.34. The van der Waals surface area contributed by atoms with Gasteiger partial charge in [-0.05, 0) is 57.2 Å². The second-order valence-electron chi connectivity index (χ2n) is 8.24. The third kappa shape index (κ3) is 4.59. The molecule has 154 valence electrons. The van der Waals surface area contributed by atoms with Crippen molar-refractivity contribution < 1.29 is 18.0 Å². The molecule has 0 spiro atoms. The van der Waals surface area contributed by atoms with Crippen molar-refractivity contribution in [2.24, 2.45) is 5.92 Å². The average molecular weight is 396 g/mol. The molecule has 0 bridgehead atoms. The maximum atomic E-state index is 12.7. The van der Waals surface area contributed by atoms with Crippen LogP contribution in [0.1, 0.15) is 44.1 Å². The molecule has 2 saturated heterocycles. The maximum absolute atomic E-state index is 12.7. The van der Waals surface area contributed by atoms with Gasteiger partial charge in [0.25, 0.3) is 0 Å². The predicted octanol–water partition coefficient (Wildman–Crippen LogP) is 3.06. The Hall–Kier alpha value is -1.83. The Morgan fingerprint density at radius 3 is 2.43 bits per heavy atom. The van der Waals surface area contributed by atoms with Crippen molar-refractivity contribution in [3.63, 3.8) is 0 Å². The minimum atomic E-state index is -4.35. The molecule has 28 heavy (non-hydrogen) atoms. The van der Waals surface area contributed by atoms with Gasteiger partial charge < -0.3 is 10.2 Å². The first kappa shape index (κ1) is 19.5. The second kappa shape index (κ2) is 7.89. The molecule has 0 aromatic carbocycles. The van der Waals surface area contributed by atoms with Crippen LogP contribution in [0.25, 0.3) is 0 Å². The molecule has 1 N–H and O–H groups in total. The summed E-state index contributed by atoms with van der Waals surface area (Å²) in [6.07, 6.45) is 2.67. The fourth-order valence-corrected chi connectivity index (χ4v) is 4.30. The van der Waals surface area contributed by atoms with E-state index < -0.39 is 11.7 Å². The molecule has 1 saturated carbocycles. The summed E-state index contributed by atoms with van der Waals surface area (Å²) in [6, 6.07) is 3.40. The average Bonchev–Trinajstić information content (AvgIpc) is 3.52. The van der Waals surface area contributed by atoms with Crippen LogP contribution in [-0.4, -0.2) is 54.1 Å². The molecule has 1 aromatic heterocycles. The number of pyridine rings is 1. The molecule has 1 aromatic rings. The number of amides is 1. The van der Waals surface area contributed by atoms with Gasteiger partial charge in [-0.3, -0.25) is 9.69 Å². The van der Waals surface area contributed by atoms with Crippen LogP contribution in [0.4, 0.5) is 19.0 Å². The number of hydrogen-bond acceptors (Lipinski definition) is 4. The molecule has 3 heterocycles. The minimum absolute atomic E-state index is 0.0870. The Morgan fingerprint density at radius 1 is 1.07 bits per heavy atom. The van der Waals surface area contributed by atoms with Gasteiger partial charge in [-0.15, -0.1) is 0 Å². The monoisotopic (exact) mass is 396 g/mol. The zero-order valence-corrected chi connectivity index (χ0v) is 15.9. The molecule has 4 rings (SSSR count). The number of alkyl halides is 3. The standard InChI is InChI=1S/C20H27F3N4O/c21-20(22,23)15-3-6-18(24-12-15)26-10-7-17(8-11-26)27-9-1-2-14(13-27)19(28)25-16-4-5-16/h3,6,12,14,16-17H,1-2,4-5,7-11,13H2,(H,25,28). The number of carbonyl (C=O) groups is 1. The van der Waals surface area contributed by atoms with Crippen LogP contribution in [0, 0.1) is 5.92 Å². The lowest BCUT2D eigenvalue weighted by Crippen LogP contribution is -2.51. The van der Waals surface area contributed by atoms with Crippen LogP contribution >= 0.6 is 0 Å². The lowest BCUT2D eigenvalue weighted by Gasteiger charge is -2.42. The molecule has 1 amide bonds. The first-order valence-corrected chi connectivity index (χ1v) is 10.2. The molecule has 3 aliphatic rings. The number of anilines is 1. The lowest BCUT2D eigenvalue weighted by atomic mass is 9.93. The Balaban J connectivity index is 1.29. The van der Waals surface area contributed by atoms with Crippen LogP contribution in [0.2, 0.25) is 0 Å². The van der Waals surface area contributed by atoms with Gasteiger partial charge in [-0.1, -0.05) is 0 Å². The molecule has 5 nitrogen and oxygen atoms in total. The Labute approximate surface area is 163 Å². The maximum Gasteiger partial charge on any atom is 0.417 e. The lowest BCUT2D eigenvalue weighted by molar-refractivity contribution is -0.137. The van der Waals surface area contributed by atoms with Gasteiger partial charge in [0.05, 0.1) is 11.5 Å². The summed E-state index contributed by atoms with van der Waals surface area (Å²) in [5.74, 6) is 0.898. The first-order valence-electron chi connectivity index (χ1n) is 10.2. The number of carbonyl (C=O) groups excluding carboxylic acids is 1. The van der Waals surface area contributed by atoms with Gasteiger partial charge in [0, 0.05) is 37.9 Å². The SMILES string of the molecule is O=C(NC1CC1)C1CCCN(C2CCN(c3ccc(C(F)(F)F)cn3)CC2)C1. The molecular weight excluding hydrogens is 369 g/mol. The van der Waals surface area contributed by atoms with E-state index in [1.807, 2.05) is 0 Å². The summed E-state index contributed by atoms with van der Waals surface area (Å²) in [6.45, 7) is 3.40. The van der Waals surface area contributed by atoms with Crippen LogP contribution in [0.5, 0.6) is 0 Å². The first-order chi connectivity index (χ1) is 13.4. The highest BCUT2D eigenvalue weighted by molar-refractivity contribution is 5.79. The van der Waals surface area contributed by atoms with Crippen LogP contribution in [-0.2, 0) is 11.0 Å². The van der Waals surface area contributed by atoms with E-state index in [0.29, 0.717) is 17.9 Å². The van der Waals surface area contributed by atoms with E-state index in [1.165, 1.54) is 6.07 Å². The van der Waals surface area contributed by atoms with Gasteiger partial charge in [0.15, 0.2) is 0 Å². The smallest absolute Gasteiger partial charge is 0.357 e. The van der Waals surface area contributed by atoms with E-state index in [2.05, 4.69) is 20.1 Å². The van der Waals surface area contributed by atoms with E-state index >= 15 is 0 Å². The molecule has 0 radical (unpaired) electrons. The minimum Gasteiger partial charge on any atom is -0.357 e. The topological polar surface area (TPSA) is 48.5 Å². The Bertz CT molecular complexity index is 682. The fraction of sp³-hybridized carbons (Fsp3) is 0.700. The van der Waals surface area contributed by atoms with E-state index in [4.69, 9.17) is 0 Å². The predicted molar refractivity (Wildman–Crippen MR) is 99.9 cm³/mol. The van der Waals surface area contributed by atoms with Gasteiger partial charge in [-0.25, -0.2) is 4.98 Å². The van der Waals surface area contributed by atoms with E-state index in [0.717, 1.165) is 77.0 Å². The zero-order valence-electron chi connectivity index (χ0n) is 15.9. The van der Waals surface area contributed by atoms with Crippen molar-refractivity contribution in [3.8, 4) is 0 Å². The van der Waals surface area contributed by atoms with Crippen molar-refractivity contribution in [1.82, 2.24) is 15.2 Å². The van der Waals surface area contributed by atoms with Gasteiger partial charge in [-0.2, -0.15) is 13.2 Å². The van der Waals surface area contributed by atoms with Crippen LogP contribution < -0.4 is 10.2 Å². The third-order valence-corrected chi connectivity index (χ3v) is 6.13. The van der Waals surface area contributed by atoms with Crippen LogP contribution in [0.15, 0.2) is 18.3 Å². The normalized spacial score (nSPS) is 25.0. The number of piperidine rings is 2. The number of nitrogens with zero attached hydrogens (tertiary/aromatic N) is 3. The van der Waals surface area contributed by atoms with Crippen molar-refractivity contribution in [2.75, 3.05) is 31.1 Å². The quantitative estimate of drug-likeness (QED) is 0.850. The Kier molecular flexibility index (Phi) is 5.49. The van der Waals surface area contributed by atoms with E-state index in [9.17, 15) is 18.0 Å². The van der Waals surface area contributed by atoms with Gasteiger partial charge in [0.2, 0.25) is 5.91 Å². The van der Waals surface area contributed by atoms with Crippen LogP contribution in [0.3, 0.4) is 0 Å². The summed E-state index contributed by atoms with van der Waals surface area (Å²) < 4.78 is 38.1. The highest BCUT2D eigenvalue weighted by atomic mass is 19.4. The summed E-state index contributed by atoms with van der Waals surface area (Å²) in [5.41, 5.74) is -0.713. The molecule has 1 aliphatic carbocycles. The van der Waals surface area contributed by atoms with Gasteiger partial charge >= 0.3 is 6.18 Å². The summed E-state index contributed by atoms with van der Waals surface area (Å²) in [4.78, 5) is 20.9. The van der Waals surface area contributed by atoms with Crippen molar-refractivity contribution >= 4 is 11.7 Å². The third-order valence-electron chi connectivity index (χ3n) is 6.13. The van der Waals surface area contributed by atoms with Crippen molar-refractivity contribution in [2.45, 2.75) is 56.8 Å². The molecule has 2 aliphatic heterocycles. The molecule has 1 atom stereocenters. The second-order valence-corrected chi connectivity index (χ2v) is 8.24. The summed E-state index contributed by atoms with van der Waals surface area (Å²) in [7, 11) is 0. The fourth-order valence-electron chi connectivity index (χ4n) is 4.30. The summed E-state index contributed by atoms with van der Waals surface area (Å²) in [5, 5.41) is 3.13. The zero-order chi connectivity index (χ0) is 19.7. The van der Waals surface area contributed by atoms with Gasteiger partial charge in [0.1, 0.15) is 5.82 Å². The molecule has 3 fully saturated rings.